The maximum absolute atomic E-state index is 10.7. The Morgan fingerprint density at radius 2 is 2.05 bits per heavy atom. The van der Waals surface area contributed by atoms with Crippen molar-refractivity contribution in [1.29, 1.82) is 5.26 Å². The number of pyridine rings is 1. The summed E-state index contributed by atoms with van der Waals surface area (Å²) in [6.07, 6.45) is 1.34. The number of benzene rings is 1. The number of hydrogen-bond acceptors (Lipinski definition) is 5. The molecule has 0 spiro atoms. The summed E-state index contributed by atoms with van der Waals surface area (Å²) in [5.74, 6) is 0.423. The average Bonchev–Trinajstić information content (AvgIpc) is 2.52. The van der Waals surface area contributed by atoms with Crippen LogP contribution in [-0.2, 0) is 0 Å². The Bertz CT molecular complexity index is 648. The Morgan fingerprint density at radius 3 is 2.62 bits per heavy atom. The second-order valence-electron chi connectivity index (χ2n) is 4.02. The first-order chi connectivity index (χ1) is 10.2. The highest BCUT2D eigenvalue weighted by Gasteiger charge is 2.03. The van der Waals surface area contributed by atoms with E-state index in [-0.39, 0.29) is 5.56 Å². The van der Waals surface area contributed by atoms with E-state index in [1.807, 2.05) is 6.07 Å². The average molecular weight is 300 g/mol. The van der Waals surface area contributed by atoms with Gasteiger partial charge < -0.3 is 9.84 Å². The van der Waals surface area contributed by atoms with E-state index in [0.29, 0.717) is 23.7 Å². The molecule has 0 aliphatic rings. The van der Waals surface area contributed by atoms with E-state index in [9.17, 15) is 4.79 Å². The molecule has 1 aromatic carbocycles. The molecule has 5 nitrogen and oxygen atoms in total. The van der Waals surface area contributed by atoms with Crippen LogP contribution in [0.1, 0.15) is 15.9 Å². The smallest absolute Gasteiger partial charge is 0.337 e. The summed E-state index contributed by atoms with van der Waals surface area (Å²) in [5.41, 5.74) is 0.771. The molecule has 1 N–H and O–H groups in total. The number of carboxylic acid groups (broad SMARTS) is 1. The van der Waals surface area contributed by atoms with Crippen molar-refractivity contribution in [2.75, 3.05) is 12.4 Å². The van der Waals surface area contributed by atoms with Crippen LogP contribution < -0.4 is 4.74 Å². The summed E-state index contributed by atoms with van der Waals surface area (Å²) in [6, 6.07) is 12.2. The van der Waals surface area contributed by atoms with E-state index < -0.39 is 5.97 Å². The lowest BCUT2D eigenvalue weighted by Crippen LogP contribution is -2.01. The van der Waals surface area contributed by atoms with Gasteiger partial charge in [-0.05, 0) is 36.4 Å². The van der Waals surface area contributed by atoms with Crippen molar-refractivity contribution < 1.29 is 14.6 Å². The normalized spacial score (nSPS) is 9.86. The van der Waals surface area contributed by atoms with Gasteiger partial charge in [0.1, 0.15) is 5.75 Å². The molecule has 2 rings (SSSR count). The molecular weight excluding hydrogens is 288 g/mol. The van der Waals surface area contributed by atoms with Crippen LogP contribution in [0.25, 0.3) is 0 Å². The highest BCUT2D eigenvalue weighted by molar-refractivity contribution is 7.99. The minimum atomic E-state index is -0.983. The van der Waals surface area contributed by atoms with E-state index in [1.165, 1.54) is 24.0 Å². The van der Waals surface area contributed by atoms with Crippen molar-refractivity contribution in [3.63, 3.8) is 0 Å². The van der Waals surface area contributed by atoms with Crippen LogP contribution >= 0.6 is 11.8 Å². The standard InChI is InChI=1S/C15H12N2O3S/c16-9-11-1-4-13(5-2-11)20-7-8-21-14-6-3-12(10-17-14)15(18)19/h1-6,10H,7-8H2,(H,18,19). The highest BCUT2D eigenvalue weighted by atomic mass is 32.2. The number of hydrogen-bond donors (Lipinski definition) is 1. The van der Waals surface area contributed by atoms with Crippen LogP contribution in [0.4, 0.5) is 0 Å². The zero-order valence-corrected chi connectivity index (χ0v) is 11.8. The van der Waals surface area contributed by atoms with Crippen molar-refractivity contribution in [2.45, 2.75) is 5.03 Å². The predicted molar refractivity (Wildman–Crippen MR) is 78.6 cm³/mol. The molecule has 21 heavy (non-hydrogen) atoms. The second-order valence-corrected chi connectivity index (χ2v) is 5.14. The van der Waals surface area contributed by atoms with Crippen LogP contribution in [0, 0.1) is 11.3 Å². The fourth-order valence-electron chi connectivity index (χ4n) is 1.52. The molecule has 0 atom stereocenters. The van der Waals surface area contributed by atoms with Crippen molar-refractivity contribution >= 4 is 17.7 Å². The van der Waals surface area contributed by atoms with Crippen LogP contribution in [0.3, 0.4) is 0 Å². The van der Waals surface area contributed by atoms with Crippen LogP contribution in [-0.4, -0.2) is 28.4 Å². The molecule has 0 saturated heterocycles. The summed E-state index contributed by atoms with van der Waals surface area (Å²) in [7, 11) is 0. The molecule has 6 heteroatoms. The number of aromatic nitrogens is 1. The molecule has 1 aromatic heterocycles. The second kappa shape index (κ2) is 7.31. The van der Waals surface area contributed by atoms with Crippen molar-refractivity contribution in [3.8, 4) is 11.8 Å². The number of ether oxygens (including phenoxy) is 1. The molecule has 0 unspecified atom stereocenters. The van der Waals surface area contributed by atoms with Gasteiger partial charge in [0.15, 0.2) is 0 Å². The van der Waals surface area contributed by atoms with Crippen LogP contribution in [0.2, 0.25) is 0 Å². The van der Waals surface area contributed by atoms with E-state index in [2.05, 4.69) is 4.98 Å². The lowest BCUT2D eigenvalue weighted by molar-refractivity contribution is 0.0696. The summed E-state index contributed by atoms with van der Waals surface area (Å²) in [6.45, 7) is 0.499. The van der Waals surface area contributed by atoms with E-state index in [0.717, 1.165) is 5.03 Å². The number of carboxylic acids is 1. The van der Waals surface area contributed by atoms with Gasteiger partial charge in [-0.15, -0.1) is 11.8 Å². The Labute approximate surface area is 126 Å². The fourth-order valence-corrected chi connectivity index (χ4v) is 2.19. The van der Waals surface area contributed by atoms with Gasteiger partial charge in [-0.3, -0.25) is 0 Å². The Morgan fingerprint density at radius 1 is 1.29 bits per heavy atom. The third-order valence-electron chi connectivity index (χ3n) is 2.57. The van der Waals surface area contributed by atoms with Gasteiger partial charge >= 0.3 is 5.97 Å². The lowest BCUT2D eigenvalue weighted by atomic mass is 10.2. The molecule has 2 aromatic rings. The quantitative estimate of drug-likeness (QED) is 0.652. The minimum Gasteiger partial charge on any atom is -0.493 e. The van der Waals surface area contributed by atoms with Gasteiger partial charge in [-0.2, -0.15) is 5.26 Å². The van der Waals surface area contributed by atoms with Gasteiger partial charge in [0.25, 0.3) is 0 Å². The molecule has 0 radical (unpaired) electrons. The highest BCUT2D eigenvalue weighted by Crippen LogP contribution is 2.16. The lowest BCUT2D eigenvalue weighted by Gasteiger charge is -2.05. The van der Waals surface area contributed by atoms with E-state index in [1.54, 1.807) is 30.3 Å². The molecule has 0 bridgehead atoms. The maximum Gasteiger partial charge on any atom is 0.337 e. The zero-order valence-electron chi connectivity index (χ0n) is 11.0. The first-order valence-corrected chi connectivity index (χ1v) is 7.13. The molecular formula is C15H12N2O3S. The van der Waals surface area contributed by atoms with E-state index >= 15 is 0 Å². The summed E-state index contributed by atoms with van der Waals surface area (Å²) < 4.78 is 5.54. The Hall–Kier alpha value is -2.52. The molecule has 106 valence electrons. The third kappa shape index (κ3) is 4.51. The number of thioether (sulfide) groups is 1. The number of rotatable bonds is 6. The van der Waals surface area contributed by atoms with E-state index in [4.69, 9.17) is 15.1 Å². The van der Waals surface area contributed by atoms with Gasteiger partial charge in [-0.1, -0.05) is 0 Å². The topological polar surface area (TPSA) is 83.2 Å². The van der Waals surface area contributed by atoms with Gasteiger partial charge in [0.05, 0.1) is 28.8 Å². The van der Waals surface area contributed by atoms with Crippen LogP contribution in [0.15, 0.2) is 47.6 Å². The summed E-state index contributed by atoms with van der Waals surface area (Å²) in [4.78, 5) is 14.7. The fraction of sp³-hybridized carbons (Fsp3) is 0.133. The first kappa shape index (κ1) is 14.9. The number of nitriles is 1. The monoisotopic (exact) mass is 300 g/mol. The number of aromatic carboxylic acids is 1. The largest absolute Gasteiger partial charge is 0.493 e. The SMILES string of the molecule is N#Cc1ccc(OCCSc2ccc(C(=O)O)cn2)cc1. The Kier molecular flexibility index (Phi) is 5.18. The minimum absolute atomic E-state index is 0.174. The van der Waals surface area contributed by atoms with Gasteiger partial charge in [0.2, 0.25) is 0 Å². The Balaban J connectivity index is 1.76. The number of nitrogens with zero attached hydrogens (tertiary/aromatic N) is 2. The molecule has 0 aliphatic carbocycles. The van der Waals surface area contributed by atoms with Gasteiger partial charge in [0, 0.05) is 11.9 Å². The maximum atomic E-state index is 10.7. The number of carbonyl (C=O) groups is 1. The van der Waals surface area contributed by atoms with Crippen molar-refractivity contribution in [2.24, 2.45) is 0 Å². The van der Waals surface area contributed by atoms with Crippen LogP contribution in [0.5, 0.6) is 5.75 Å². The molecule has 0 amide bonds. The third-order valence-corrected chi connectivity index (χ3v) is 3.48. The van der Waals surface area contributed by atoms with Gasteiger partial charge in [-0.25, -0.2) is 9.78 Å². The molecule has 0 saturated carbocycles. The molecule has 0 fully saturated rings. The summed E-state index contributed by atoms with van der Waals surface area (Å²) >= 11 is 1.49. The predicted octanol–water partition coefficient (Wildman–Crippen LogP) is 2.82. The molecule has 0 aliphatic heterocycles. The zero-order chi connectivity index (χ0) is 15.1. The first-order valence-electron chi connectivity index (χ1n) is 6.14. The van der Waals surface area contributed by atoms with Crippen molar-refractivity contribution in [3.05, 3.63) is 53.7 Å². The molecule has 1 heterocycles. The van der Waals surface area contributed by atoms with Crippen molar-refractivity contribution in [1.82, 2.24) is 4.98 Å². The summed E-state index contributed by atoms with van der Waals surface area (Å²) in [5, 5.41) is 18.2.